The zero-order chi connectivity index (χ0) is 91.2. The molecule has 0 spiro atoms. The van der Waals surface area contributed by atoms with E-state index in [4.69, 9.17) is 9.47 Å². The van der Waals surface area contributed by atoms with E-state index in [1.54, 1.807) is 53.6 Å². The Morgan fingerprint density at radius 1 is 0.611 bits per heavy atom. The second-order valence-corrected chi connectivity index (χ2v) is 41.9. The Labute approximate surface area is 776 Å². The summed E-state index contributed by atoms with van der Waals surface area (Å²) >= 11 is 0. The smallest absolute Gasteiger partial charge is 0.306 e. The standard InChI is InChI=1S/C33H37N5O4.C22H26N2O2S.C17H22N2O2.C15H19N5.C15H22N2O2S.H2S/c1-32(19-38-27(14-20-8-4-3-5-9-20)31(40)37-13-7-12-28(37)33(38,41)42-32)35-30(39)22-15-24-23-10-6-11-25-29(23)21(17-34-25)16-26(24)36(2)18-22;1-24-12-5-6-19(24)15-18-16-23-22-10-9-17(14-21(18)22)11-13-27(25,26)20-7-3-2-4-8-20;1-19(2)6-5-14-10-18-16-4-3-12(8-15(14)16)7-13-9-17(20)21-11-13;1-19(2)6-5-13-8-17-15-4-3-12(7-14(13)15)9-20-11-16-10-18-20;1-4-20(18,19)11-12-5-6-15-14(9-12)13(10-16-15)7-8-17(2)3;/h3-6,8-11,15,17,22,26-28,34,41H,7,12-14,16,18-19H2,1-2H3,(H,35,39);2-4,7-10,14,16,19,23H,5-6,11-13,15H2,1H3;3-4,8,10,13,18H,5-7,9,11H2,1-2H3;3-4,7-8,10-11,17H,5-6,9H2,1-2H3;5-6,9-10,16H,4,7-8,11H2,1-3H3;1H2/t22-,26-,27+,28+,32-,33+;19-;13-;;;/m111.../s1. The molecule has 1 aliphatic carbocycles. The molecule has 2 amide bonds. The van der Waals surface area contributed by atoms with Crippen LogP contribution in [-0.4, -0.2) is 270 Å². The number of rotatable bonds is 26. The zero-order valence-electron chi connectivity index (χ0n) is 77.1. The lowest BCUT2D eigenvalue weighted by Gasteiger charge is -2.49. The van der Waals surface area contributed by atoms with Crippen molar-refractivity contribution in [3.8, 4) is 0 Å². The number of hydrogen-bond donors (Lipinski definition) is 7. The van der Waals surface area contributed by atoms with E-state index in [0.29, 0.717) is 62.2 Å². The quantitative estimate of drug-likeness (QED) is 0.0248. The maximum atomic E-state index is 13.9. The summed E-state index contributed by atoms with van der Waals surface area (Å²) in [4.78, 5) is 74.8. The van der Waals surface area contributed by atoms with Crippen LogP contribution in [0.15, 0.2) is 206 Å². The largest absolute Gasteiger partial charge is 0.465 e. The number of hydrogen-bond acceptors (Lipinski definition) is 18. The Balaban J connectivity index is 0.000000130. The predicted molar refractivity (Wildman–Crippen MR) is 525 cm³/mol. The number of likely N-dealkylation sites (N-methyl/N-ethyl adjacent to an activating group) is 5. The summed E-state index contributed by atoms with van der Waals surface area (Å²) in [5, 5.41) is 25.6. The van der Waals surface area contributed by atoms with Crippen molar-refractivity contribution >= 4 is 111 Å². The van der Waals surface area contributed by atoms with Crippen LogP contribution in [0.4, 0.5) is 0 Å². The molecule has 20 rings (SSSR count). The molecule has 6 aliphatic heterocycles. The normalized spacial score (nSPS) is 21.4. The number of nitrogens with zero attached hydrogens (tertiary/aromatic N) is 10. The number of ether oxygens (including phenoxy) is 2. The summed E-state index contributed by atoms with van der Waals surface area (Å²) in [5.74, 6) is -1.45. The van der Waals surface area contributed by atoms with Crippen molar-refractivity contribution < 1.29 is 45.8 Å². The van der Waals surface area contributed by atoms with Crippen LogP contribution in [0, 0.1) is 11.8 Å². The number of aromatic amines is 5. The number of cyclic esters (lactones) is 1. The summed E-state index contributed by atoms with van der Waals surface area (Å²) in [5.41, 5.74) is 19.0. The average Bonchev–Trinajstić information content (AvgIpc) is 1.55. The lowest BCUT2D eigenvalue weighted by Crippen LogP contribution is -2.70. The molecule has 8 atom stereocenters. The van der Waals surface area contributed by atoms with Crippen LogP contribution in [0.1, 0.15) is 107 Å². The number of amides is 2. The molecule has 5 fully saturated rings. The van der Waals surface area contributed by atoms with Gasteiger partial charge in [-0.25, -0.2) is 31.4 Å². The highest BCUT2D eigenvalue weighted by Crippen LogP contribution is 2.47. The highest BCUT2D eigenvalue weighted by molar-refractivity contribution is 7.91. The monoisotopic (exact) mass is 1830 g/mol. The van der Waals surface area contributed by atoms with Gasteiger partial charge in [0, 0.05) is 142 Å². The Morgan fingerprint density at radius 3 is 1.78 bits per heavy atom. The number of aromatic nitrogens is 8. The molecular weight excluding hydrogens is 1710 g/mol. The number of sulfone groups is 2. The van der Waals surface area contributed by atoms with E-state index in [0.717, 1.165) is 110 Å². The predicted octanol–water partition coefficient (Wildman–Crippen LogP) is 12.9. The Morgan fingerprint density at radius 2 is 1.18 bits per heavy atom. The fourth-order valence-corrected chi connectivity index (χ4v) is 22.0. The van der Waals surface area contributed by atoms with Crippen LogP contribution in [-0.2, 0) is 107 Å². The lowest BCUT2D eigenvalue weighted by atomic mass is 9.79. The topological polar surface area (TPSA) is 303 Å². The van der Waals surface area contributed by atoms with Crippen molar-refractivity contribution in [3.63, 3.8) is 0 Å². The first kappa shape index (κ1) is 95.1. The van der Waals surface area contributed by atoms with Crippen LogP contribution >= 0.6 is 13.5 Å². The molecule has 0 bridgehead atoms. The number of aliphatic hydroxyl groups is 1. The van der Waals surface area contributed by atoms with E-state index >= 15 is 0 Å². The lowest BCUT2D eigenvalue weighted by molar-refractivity contribution is -0.315. The Hall–Kier alpha value is -10.5. The third kappa shape index (κ3) is 22.4. The third-order valence-corrected chi connectivity index (χ3v) is 30.3. The zero-order valence-corrected chi connectivity index (χ0v) is 79.7. The summed E-state index contributed by atoms with van der Waals surface area (Å²) in [7, 11) is 10.5. The molecule has 26 nitrogen and oxygen atoms in total. The van der Waals surface area contributed by atoms with Gasteiger partial charge in [-0.2, -0.15) is 18.6 Å². The summed E-state index contributed by atoms with van der Waals surface area (Å²) in [6.45, 7) is 10.5. The van der Waals surface area contributed by atoms with Gasteiger partial charge in [0.05, 0.1) is 54.5 Å². The maximum Gasteiger partial charge on any atom is 0.306 e. The van der Waals surface area contributed by atoms with Crippen molar-refractivity contribution in [2.75, 3.05) is 120 Å². The van der Waals surface area contributed by atoms with Crippen LogP contribution in [0.3, 0.4) is 0 Å². The molecule has 12 heterocycles. The number of fused-ring (bicyclic) bond motifs is 9. The Bertz CT molecular complexity index is 6400. The number of aryl methyl sites for hydroxylation is 1. The van der Waals surface area contributed by atoms with Gasteiger partial charge in [-0.1, -0.05) is 97.9 Å². The molecule has 6 aromatic heterocycles. The van der Waals surface area contributed by atoms with E-state index in [2.05, 4.69) is 205 Å². The van der Waals surface area contributed by atoms with E-state index in [9.17, 15) is 36.3 Å². The Kier molecular flexibility index (Phi) is 30.0. The van der Waals surface area contributed by atoms with Gasteiger partial charge in [0.1, 0.15) is 18.7 Å². The van der Waals surface area contributed by atoms with Crippen molar-refractivity contribution in [1.29, 1.82) is 0 Å². The minimum Gasteiger partial charge on any atom is -0.465 e. The molecule has 29 heteroatoms. The van der Waals surface area contributed by atoms with Crippen LogP contribution in [0.5, 0.6) is 0 Å². The van der Waals surface area contributed by atoms with E-state index in [1.807, 2.05) is 92.6 Å². The second-order valence-electron chi connectivity index (χ2n) is 37.5. The molecule has 5 saturated heterocycles. The first-order valence-electron chi connectivity index (χ1n) is 45.8. The number of H-pyrrole nitrogens is 5. The van der Waals surface area contributed by atoms with Crippen molar-refractivity contribution in [1.82, 2.24) is 79.3 Å². The number of likely N-dealkylation sites (tertiary alicyclic amines) is 1. The molecule has 7 aromatic carbocycles. The minimum absolute atomic E-state index is 0. The number of esters is 1. The third-order valence-electron chi connectivity index (χ3n) is 27.0. The van der Waals surface area contributed by atoms with Crippen molar-refractivity contribution in [2.45, 2.75) is 150 Å². The average molecular weight is 1830 g/mol. The fourth-order valence-electron chi connectivity index (χ4n) is 19.8. The fraction of sp³-hybridized carbons (Fsp3) is 0.422. The number of benzene rings is 7. The van der Waals surface area contributed by atoms with Crippen molar-refractivity contribution in [3.05, 3.63) is 263 Å². The molecule has 0 radical (unpaired) electrons. The first-order valence-corrected chi connectivity index (χ1v) is 49.3. The van der Waals surface area contributed by atoms with E-state index < -0.39 is 43.4 Å². The highest BCUT2D eigenvalue weighted by Gasteiger charge is 2.66. The number of carbonyl (C=O) groups is 3. The number of piperazine rings is 1. The van der Waals surface area contributed by atoms with Crippen LogP contribution in [0.25, 0.3) is 60.1 Å². The van der Waals surface area contributed by atoms with Gasteiger partial charge in [-0.15, -0.1) is 0 Å². The minimum atomic E-state index is -3.25. The van der Waals surface area contributed by atoms with Gasteiger partial charge >= 0.3 is 5.97 Å². The SMILES string of the molecule is CCS(=O)(=O)Cc1ccc2[nH]cc(CCN(C)C)c2c1.CN(C)CCc1c[nH]c2ccc(C[C@H]3COC(=O)C3)cc12.CN(C)CCc1c[nH]c2ccc(Cn3cncn3)cc12.CN1CCC[C@@H]1Cc1c[nH]c2ccc(CCS(=O)(=O)c3ccccc3)cc12.CN1C[C@H](C(=O)N[C@@]2(C)CN3[C@@H](Cc4ccccc4)C(=O)N4CCC[C@H]4[C@]3(O)O2)C=C2c3cccc4[nH]cc(c34)C[C@H]21.S. The van der Waals surface area contributed by atoms with Gasteiger partial charge in [0.15, 0.2) is 25.4 Å². The molecule has 131 heavy (non-hydrogen) atoms. The van der Waals surface area contributed by atoms with Gasteiger partial charge < -0.3 is 69.3 Å². The molecule has 7 aliphatic rings. The molecular formula is C102H128N16O10S3. The summed E-state index contributed by atoms with van der Waals surface area (Å²) in [6, 6.07) is 49.9. The highest BCUT2D eigenvalue weighted by atomic mass is 32.2. The first-order chi connectivity index (χ1) is 62.5. The van der Waals surface area contributed by atoms with Gasteiger partial charge in [-0.3, -0.25) is 19.3 Å². The van der Waals surface area contributed by atoms with Gasteiger partial charge in [0.2, 0.25) is 11.8 Å². The van der Waals surface area contributed by atoms with Gasteiger partial charge in [-0.05, 0) is 280 Å². The molecule has 0 unspecified atom stereocenters. The van der Waals surface area contributed by atoms with Crippen molar-refractivity contribution in [2.24, 2.45) is 11.8 Å². The summed E-state index contributed by atoms with van der Waals surface area (Å²) in [6.07, 6.45) is 27.4. The van der Waals surface area contributed by atoms with Crippen LogP contribution in [0.2, 0.25) is 0 Å². The van der Waals surface area contributed by atoms with Gasteiger partial charge in [0.25, 0.3) is 5.91 Å². The second kappa shape index (κ2) is 41.3. The summed E-state index contributed by atoms with van der Waals surface area (Å²) < 4.78 is 61.9. The molecule has 7 N–H and O–H groups in total. The molecule has 0 saturated carbocycles. The van der Waals surface area contributed by atoms with E-state index in [-0.39, 0.29) is 67.0 Å². The maximum absolute atomic E-state index is 13.9. The number of nitrogens with one attached hydrogen (secondary N) is 6. The molecule has 694 valence electrons. The molecule has 13 aromatic rings. The van der Waals surface area contributed by atoms with E-state index in [1.165, 1.54) is 102 Å². The number of carbonyl (C=O) groups excluding carboxylic acids is 3. The van der Waals surface area contributed by atoms with Crippen LogP contribution < -0.4 is 5.32 Å².